The molecule has 0 aliphatic heterocycles. The van der Waals surface area contributed by atoms with Crippen molar-refractivity contribution in [2.45, 2.75) is 19.6 Å². The van der Waals surface area contributed by atoms with Gasteiger partial charge in [-0.1, -0.05) is 30.3 Å². The highest BCUT2D eigenvalue weighted by molar-refractivity contribution is 5.70. The predicted molar refractivity (Wildman–Crippen MR) is 58.9 cm³/mol. The number of carbonyl (C=O) groups is 1. The number of aliphatic carboxylic acids is 1. The lowest BCUT2D eigenvalue weighted by Gasteiger charge is -2.18. The highest BCUT2D eigenvalue weighted by Crippen LogP contribution is 2.14. The van der Waals surface area contributed by atoms with Gasteiger partial charge in [0.1, 0.15) is 5.92 Å². The Morgan fingerprint density at radius 2 is 2.00 bits per heavy atom. The van der Waals surface area contributed by atoms with Gasteiger partial charge in [0.2, 0.25) is 0 Å². The van der Waals surface area contributed by atoms with E-state index in [1.165, 1.54) is 0 Å². The first-order chi connectivity index (χ1) is 7.65. The minimum atomic E-state index is -1.26. The summed E-state index contributed by atoms with van der Waals surface area (Å²) in [5.41, 5.74) is 0.869. The van der Waals surface area contributed by atoms with Gasteiger partial charge in [-0.15, -0.1) is 0 Å². The molecule has 0 spiro atoms. The Morgan fingerprint density at radius 3 is 2.50 bits per heavy atom. The van der Waals surface area contributed by atoms with E-state index in [1.54, 1.807) is 6.92 Å². The third-order valence-electron chi connectivity index (χ3n) is 2.30. The number of hydrogen-bond donors (Lipinski definition) is 2. The summed E-state index contributed by atoms with van der Waals surface area (Å²) in [7, 11) is 0. The summed E-state index contributed by atoms with van der Waals surface area (Å²) >= 11 is 0. The molecule has 0 radical (unpaired) electrons. The number of aliphatic hydroxyl groups excluding tert-OH is 1. The monoisotopic (exact) mass is 224 g/mol. The molecule has 0 aliphatic carbocycles. The van der Waals surface area contributed by atoms with Crippen LogP contribution in [0.2, 0.25) is 0 Å². The quantitative estimate of drug-likeness (QED) is 0.714. The van der Waals surface area contributed by atoms with Gasteiger partial charge in [0.25, 0.3) is 0 Å². The van der Waals surface area contributed by atoms with Crippen molar-refractivity contribution < 1.29 is 19.7 Å². The molecule has 1 aromatic rings. The smallest absolute Gasteiger partial charge is 0.312 e. The van der Waals surface area contributed by atoms with Crippen LogP contribution in [0.5, 0.6) is 0 Å². The average Bonchev–Trinajstić information content (AvgIpc) is 2.27. The van der Waals surface area contributed by atoms with Crippen LogP contribution in [-0.2, 0) is 16.0 Å². The molecule has 4 heteroatoms. The normalized spacial score (nSPS) is 14.4. The Balaban J connectivity index is 2.69. The van der Waals surface area contributed by atoms with Crippen LogP contribution in [0.25, 0.3) is 0 Å². The minimum Gasteiger partial charge on any atom is -0.481 e. The zero-order valence-corrected chi connectivity index (χ0v) is 9.17. The molecule has 0 bridgehead atoms. The maximum atomic E-state index is 11.0. The van der Waals surface area contributed by atoms with Crippen molar-refractivity contribution in [1.29, 1.82) is 0 Å². The summed E-state index contributed by atoms with van der Waals surface area (Å²) in [5, 5.41) is 18.5. The van der Waals surface area contributed by atoms with Gasteiger partial charge in [-0.25, -0.2) is 0 Å². The average molecular weight is 224 g/mol. The summed E-state index contributed by atoms with van der Waals surface area (Å²) in [4.78, 5) is 11.0. The zero-order valence-electron chi connectivity index (χ0n) is 9.17. The van der Waals surface area contributed by atoms with Gasteiger partial charge in [0.15, 0.2) is 6.29 Å². The Hall–Kier alpha value is -1.39. The molecule has 0 saturated carbocycles. The van der Waals surface area contributed by atoms with Gasteiger partial charge in [0.05, 0.1) is 0 Å². The van der Waals surface area contributed by atoms with E-state index in [0.717, 1.165) is 5.56 Å². The Bertz CT molecular complexity index is 323. The largest absolute Gasteiger partial charge is 0.481 e. The van der Waals surface area contributed by atoms with Crippen LogP contribution in [0, 0.1) is 5.92 Å². The number of rotatable bonds is 6. The molecular formula is C12H16O4. The third kappa shape index (κ3) is 3.64. The van der Waals surface area contributed by atoms with E-state index in [4.69, 9.17) is 9.84 Å². The number of carboxylic acid groups (broad SMARTS) is 1. The first-order valence-electron chi connectivity index (χ1n) is 5.21. The molecule has 1 rings (SSSR count). The van der Waals surface area contributed by atoms with E-state index < -0.39 is 18.2 Å². The first kappa shape index (κ1) is 12.7. The van der Waals surface area contributed by atoms with Crippen molar-refractivity contribution in [1.82, 2.24) is 0 Å². The number of aliphatic hydroxyl groups is 1. The van der Waals surface area contributed by atoms with Gasteiger partial charge in [-0.05, 0) is 18.9 Å². The van der Waals surface area contributed by atoms with E-state index >= 15 is 0 Å². The molecule has 2 unspecified atom stereocenters. The lowest BCUT2D eigenvalue weighted by Crippen LogP contribution is -2.32. The van der Waals surface area contributed by atoms with E-state index in [0.29, 0.717) is 6.61 Å². The number of carboxylic acids is 1. The standard InChI is InChI=1S/C12H16O4/c1-2-16-12(15)10(11(13)14)8-9-6-4-3-5-7-9/h3-7,10,12,15H,2,8H2,1H3,(H,13,14). The van der Waals surface area contributed by atoms with Crippen molar-refractivity contribution in [2.75, 3.05) is 6.61 Å². The molecule has 16 heavy (non-hydrogen) atoms. The fourth-order valence-electron chi connectivity index (χ4n) is 1.47. The van der Waals surface area contributed by atoms with Crippen molar-refractivity contribution >= 4 is 5.97 Å². The predicted octanol–water partition coefficient (Wildman–Crippen LogP) is 1.28. The maximum absolute atomic E-state index is 11.0. The third-order valence-corrected chi connectivity index (χ3v) is 2.30. The number of hydrogen-bond acceptors (Lipinski definition) is 3. The van der Waals surface area contributed by atoms with Gasteiger partial charge in [0, 0.05) is 6.61 Å². The summed E-state index contributed by atoms with van der Waals surface area (Å²) in [6, 6.07) is 9.18. The molecule has 0 aliphatic rings. The number of benzene rings is 1. The van der Waals surface area contributed by atoms with Crippen LogP contribution in [-0.4, -0.2) is 29.1 Å². The summed E-state index contributed by atoms with van der Waals surface area (Å²) in [6.45, 7) is 2.00. The molecule has 88 valence electrons. The molecule has 2 N–H and O–H groups in total. The summed E-state index contributed by atoms with van der Waals surface area (Å²) in [6.07, 6.45) is -1.00. The van der Waals surface area contributed by atoms with Crippen molar-refractivity contribution in [3.63, 3.8) is 0 Å². The molecule has 4 nitrogen and oxygen atoms in total. The molecule has 2 atom stereocenters. The Labute approximate surface area is 94.5 Å². The highest BCUT2D eigenvalue weighted by atomic mass is 16.6. The van der Waals surface area contributed by atoms with Gasteiger partial charge in [-0.2, -0.15) is 0 Å². The molecule has 1 aromatic carbocycles. The fourth-order valence-corrected chi connectivity index (χ4v) is 1.47. The maximum Gasteiger partial charge on any atom is 0.312 e. The SMILES string of the molecule is CCOC(O)C(Cc1ccccc1)C(=O)O. The first-order valence-corrected chi connectivity index (χ1v) is 5.21. The summed E-state index contributed by atoms with van der Waals surface area (Å²) in [5.74, 6) is -1.98. The molecular weight excluding hydrogens is 208 g/mol. The summed E-state index contributed by atoms with van der Waals surface area (Å²) < 4.78 is 4.91. The van der Waals surface area contributed by atoms with Gasteiger partial charge >= 0.3 is 5.97 Å². The van der Waals surface area contributed by atoms with Crippen LogP contribution >= 0.6 is 0 Å². The second kappa shape index (κ2) is 6.25. The molecule has 0 aromatic heterocycles. The van der Waals surface area contributed by atoms with Crippen LogP contribution < -0.4 is 0 Å². The topological polar surface area (TPSA) is 66.8 Å². The van der Waals surface area contributed by atoms with Crippen LogP contribution in [0.3, 0.4) is 0 Å². The molecule has 0 fully saturated rings. The van der Waals surface area contributed by atoms with Gasteiger partial charge in [-0.3, -0.25) is 4.79 Å². The van der Waals surface area contributed by atoms with Crippen molar-refractivity contribution in [3.8, 4) is 0 Å². The lowest BCUT2D eigenvalue weighted by atomic mass is 9.99. The lowest BCUT2D eigenvalue weighted by molar-refractivity contribution is -0.168. The molecule has 0 heterocycles. The van der Waals surface area contributed by atoms with E-state index in [9.17, 15) is 9.90 Å². The van der Waals surface area contributed by atoms with E-state index in [2.05, 4.69) is 0 Å². The number of ether oxygens (including phenoxy) is 1. The van der Waals surface area contributed by atoms with E-state index in [1.807, 2.05) is 30.3 Å². The van der Waals surface area contributed by atoms with Crippen molar-refractivity contribution in [3.05, 3.63) is 35.9 Å². The van der Waals surface area contributed by atoms with Crippen LogP contribution in [0.4, 0.5) is 0 Å². The van der Waals surface area contributed by atoms with Crippen molar-refractivity contribution in [2.24, 2.45) is 5.92 Å². The zero-order chi connectivity index (χ0) is 12.0. The second-order valence-electron chi connectivity index (χ2n) is 3.48. The molecule has 0 amide bonds. The van der Waals surface area contributed by atoms with Crippen LogP contribution in [0.1, 0.15) is 12.5 Å². The Morgan fingerprint density at radius 1 is 1.38 bits per heavy atom. The fraction of sp³-hybridized carbons (Fsp3) is 0.417. The molecule has 0 saturated heterocycles. The van der Waals surface area contributed by atoms with Gasteiger partial charge < -0.3 is 14.9 Å². The second-order valence-corrected chi connectivity index (χ2v) is 3.48. The van der Waals surface area contributed by atoms with Crippen LogP contribution in [0.15, 0.2) is 30.3 Å². The Kier molecular flexibility index (Phi) is 4.95. The minimum absolute atomic E-state index is 0.261. The van der Waals surface area contributed by atoms with E-state index in [-0.39, 0.29) is 6.42 Å². The highest BCUT2D eigenvalue weighted by Gasteiger charge is 2.27.